The predicted octanol–water partition coefficient (Wildman–Crippen LogP) is 2.77. The fraction of sp³-hybridized carbons (Fsp3) is 0. The maximum absolute atomic E-state index is 13.2. The van der Waals surface area contributed by atoms with Crippen LogP contribution in [0.2, 0.25) is 0 Å². The van der Waals surface area contributed by atoms with E-state index in [9.17, 15) is 4.39 Å². The van der Waals surface area contributed by atoms with Crippen LogP contribution in [0.4, 0.5) is 10.1 Å². The first-order valence-corrected chi connectivity index (χ1v) is 3.98. The van der Waals surface area contributed by atoms with Crippen LogP contribution in [-0.4, -0.2) is 10.2 Å². The van der Waals surface area contributed by atoms with Gasteiger partial charge in [0.25, 0.3) is 0 Å². The van der Waals surface area contributed by atoms with Gasteiger partial charge in [0.15, 0.2) is 0 Å². The summed E-state index contributed by atoms with van der Waals surface area (Å²) in [6, 6.07) is 6.20. The largest absolute Gasteiger partial charge is 0.278 e. The van der Waals surface area contributed by atoms with E-state index in [2.05, 4.69) is 15.0 Å². The number of nitrogens with one attached hydrogen (secondary N) is 1. The lowest BCUT2D eigenvalue weighted by atomic mass is 10.1. The Morgan fingerprint density at radius 1 is 1.36 bits per heavy atom. The van der Waals surface area contributed by atoms with Crippen LogP contribution in [0.1, 0.15) is 0 Å². The number of halogens is 1. The Labute approximate surface area is 80.0 Å². The number of aromatic nitrogens is 2. The van der Waals surface area contributed by atoms with Crippen molar-refractivity contribution in [1.29, 1.82) is 0 Å². The third-order valence-corrected chi connectivity index (χ3v) is 1.88. The first-order chi connectivity index (χ1) is 6.81. The molecule has 2 rings (SSSR count). The minimum Gasteiger partial charge on any atom is -0.278 e. The summed E-state index contributed by atoms with van der Waals surface area (Å²) < 4.78 is 13.2. The van der Waals surface area contributed by atoms with Gasteiger partial charge in [-0.15, -0.1) is 0 Å². The second-order valence-corrected chi connectivity index (χ2v) is 2.75. The molecule has 0 bridgehead atoms. The van der Waals surface area contributed by atoms with Crippen LogP contribution in [-0.2, 0) is 0 Å². The zero-order valence-corrected chi connectivity index (χ0v) is 7.16. The van der Waals surface area contributed by atoms with Crippen LogP contribution in [0.25, 0.3) is 16.1 Å². The molecule has 0 spiro atoms. The molecule has 68 valence electrons. The molecule has 1 heterocycles. The van der Waals surface area contributed by atoms with Gasteiger partial charge < -0.3 is 0 Å². The molecule has 0 saturated heterocycles. The Bertz CT molecular complexity index is 483. The van der Waals surface area contributed by atoms with Crippen LogP contribution < -0.4 is 0 Å². The highest BCUT2D eigenvalue weighted by Crippen LogP contribution is 2.24. The van der Waals surface area contributed by atoms with Gasteiger partial charge in [-0.05, 0) is 17.7 Å². The number of H-pyrrole nitrogens is 1. The molecule has 1 aromatic heterocycles. The highest BCUT2D eigenvalue weighted by Gasteiger charge is 2.04. The van der Waals surface area contributed by atoms with E-state index >= 15 is 0 Å². The maximum atomic E-state index is 13.2. The lowest BCUT2D eigenvalue weighted by Crippen LogP contribution is -1.80. The van der Waals surface area contributed by atoms with E-state index in [0.717, 1.165) is 5.69 Å². The topological polar surface area (TPSA) is 33.0 Å². The van der Waals surface area contributed by atoms with E-state index < -0.39 is 5.82 Å². The third-order valence-electron chi connectivity index (χ3n) is 1.88. The van der Waals surface area contributed by atoms with Crippen molar-refractivity contribution in [2.45, 2.75) is 0 Å². The molecule has 0 atom stereocenters. The van der Waals surface area contributed by atoms with Crippen LogP contribution >= 0.6 is 0 Å². The van der Waals surface area contributed by atoms with E-state index in [1.165, 1.54) is 12.1 Å². The number of hydrogen-bond acceptors (Lipinski definition) is 1. The first-order valence-electron chi connectivity index (χ1n) is 3.98. The highest BCUT2D eigenvalue weighted by molar-refractivity contribution is 5.63. The third kappa shape index (κ3) is 1.36. The predicted molar refractivity (Wildman–Crippen MR) is 50.2 cm³/mol. The molecule has 0 radical (unpaired) electrons. The van der Waals surface area contributed by atoms with Crippen molar-refractivity contribution in [3.05, 3.63) is 47.7 Å². The van der Waals surface area contributed by atoms with E-state index in [4.69, 9.17) is 6.57 Å². The van der Waals surface area contributed by atoms with Gasteiger partial charge in [-0.1, -0.05) is 12.1 Å². The Morgan fingerprint density at radius 3 is 2.79 bits per heavy atom. The fourth-order valence-corrected chi connectivity index (χ4v) is 1.18. The van der Waals surface area contributed by atoms with Gasteiger partial charge in [-0.25, -0.2) is 9.24 Å². The molecule has 0 amide bonds. The van der Waals surface area contributed by atoms with Crippen LogP contribution in [0.5, 0.6) is 0 Å². The number of hydrogen-bond donors (Lipinski definition) is 1. The summed E-state index contributed by atoms with van der Waals surface area (Å²) in [6.45, 7) is 6.69. The Kier molecular flexibility index (Phi) is 1.99. The normalized spacial score (nSPS) is 9.71. The van der Waals surface area contributed by atoms with Crippen molar-refractivity contribution >= 4 is 5.69 Å². The van der Waals surface area contributed by atoms with Crippen molar-refractivity contribution < 1.29 is 4.39 Å². The quantitative estimate of drug-likeness (QED) is 0.684. The maximum Gasteiger partial charge on any atom is 0.222 e. The highest BCUT2D eigenvalue weighted by atomic mass is 19.1. The summed E-state index contributed by atoms with van der Waals surface area (Å²) in [5.41, 5.74) is 1.46. The average molecular weight is 187 g/mol. The second kappa shape index (κ2) is 3.30. The minimum atomic E-state index is -0.507. The van der Waals surface area contributed by atoms with Crippen molar-refractivity contribution in [3.8, 4) is 11.3 Å². The average Bonchev–Trinajstić information content (AvgIpc) is 2.70. The summed E-state index contributed by atoms with van der Waals surface area (Å²) >= 11 is 0. The summed E-state index contributed by atoms with van der Waals surface area (Å²) in [7, 11) is 0. The van der Waals surface area contributed by atoms with Gasteiger partial charge in [0.1, 0.15) is 5.82 Å². The Balaban J connectivity index is 2.49. The molecule has 0 unspecified atom stereocenters. The molecule has 1 N–H and O–H groups in total. The molecule has 4 heteroatoms. The van der Waals surface area contributed by atoms with E-state index in [-0.39, 0.29) is 5.69 Å². The van der Waals surface area contributed by atoms with E-state index in [1.807, 2.05) is 0 Å². The monoisotopic (exact) mass is 187 g/mol. The van der Waals surface area contributed by atoms with Gasteiger partial charge in [0.05, 0.1) is 12.3 Å². The van der Waals surface area contributed by atoms with Crippen LogP contribution in [0.15, 0.2) is 30.5 Å². The Hall–Kier alpha value is -2.15. The molecule has 0 aliphatic carbocycles. The van der Waals surface area contributed by atoms with Gasteiger partial charge >= 0.3 is 0 Å². The van der Waals surface area contributed by atoms with Gasteiger partial charge in [0.2, 0.25) is 5.69 Å². The molecule has 0 fully saturated rings. The fourth-order valence-electron chi connectivity index (χ4n) is 1.18. The summed E-state index contributed by atoms with van der Waals surface area (Å²) in [5.74, 6) is -0.507. The summed E-state index contributed by atoms with van der Waals surface area (Å²) in [5, 5.41) is 6.49. The molecule has 3 nitrogen and oxygen atoms in total. The standard InChI is InChI=1S/C10H6FN3/c1-12-10-3-2-7(6-8(10)11)9-4-5-13-14-9/h2-6H,(H,13,14). The number of nitrogens with zero attached hydrogens (tertiary/aromatic N) is 2. The SMILES string of the molecule is [C-]#[N+]c1ccc(-c2ccn[nH]2)cc1F. The zero-order valence-electron chi connectivity index (χ0n) is 7.16. The summed E-state index contributed by atoms with van der Waals surface area (Å²) in [6.07, 6.45) is 1.59. The lowest BCUT2D eigenvalue weighted by Gasteiger charge is -1.98. The number of benzene rings is 1. The first kappa shape index (κ1) is 8.45. The minimum absolute atomic E-state index is 0.0354. The van der Waals surface area contributed by atoms with Gasteiger partial charge in [0, 0.05) is 6.20 Å². The van der Waals surface area contributed by atoms with Crippen molar-refractivity contribution in [2.75, 3.05) is 0 Å². The van der Waals surface area contributed by atoms with Crippen molar-refractivity contribution in [2.24, 2.45) is 0 Å². The second-order valence-electron chi connectivity index (χ2n) is 2.75. The molecular weight excluding hydrogens is 181 g/mol. The molecule has 14 heavy (non-hydrogen) atoms. The van der Waals surface area contributed by atoms with E-state index in [0.29, 0.717) is 5.56 Å². The van der Waals surface area contributed by atoms with E-state index in [1.54, 1.807) is 18.3 Å². The molecular formula is C10H6FN3. The van der Waals surface area contributed by atoms with Gasteiger partial charge in [-0.3, -0.25) is 5.10 Å². The molecule has 0 aliphatic rings. The molecule has 0 aliphatic heterocycles. The van der Waals surface area contributed by atoms with Crippen LogP contribution in [0.3, 0.4) is 0 Å². The summed E-state index contributed by atoms with van der Waals surface area (Å²) in [4.78, 5) is 3.04. The number of rotatable bonds is 1. The molecule has 0 saturated carbocycles. The Morgan fingerprint density at radius 2 is 2.21 bits per heavy atom. The lowest BCUT2D eigenvalue weighted by molar-refractivity contribution is 0.634. The van der Waals surface area contributed by atoms with Crippen molar-refractivity contribution in [3.63, 3.8) is 0 Å². The van der Waals surface area contributed by atoms with Gasteiger partial charge in [-0.2, -0.15) is 5.10 Å². The smallest absolute Gasteiger partial charge is 0.222 e. The van der Waals surface area contributed by atoms with Crippen molar-refractivity contribution in [1.82, 2.24) is 10.2 Å². The number of aromatic amines is 1. The zero-order chi connectivity index (χ0) is 9.97. The molecule has 2 aromatic rings. The molecule has 1 aromatic carbocycles. The van der Waals surface area contributed by atoms with Crippen LogP contribution in [0, 0.1) is 12.4 Å².